The van der Waals surface area contributed by atoms with Gasteiger partial charge < -0.3 is 5.73 Å². The first-order chi connectivity index (χ1) is 8.20. The third-order valence-corrected chi connectivity index (χ3v) is 4.42. The molecule has 0 spiro atoms. The van der Waals surface area contributed by atoms with E-state index in [1.54, 1.807) is 0 Å². The van der Waals surface area contributed by atoms with Gasteiger partial charge in [-0.2, -0.15) is 0 Å². The highest BCUT2D eigenvalue weighted by molar-refractivity contribution is 6.30. The molecule has 1 nitrogen and oxygen atoms in total. The third-order valence-electron chi connectivity index (χ3n) is 4.16. The summed E-state index contributed by atoms with van der Waals surface area (Å²) in [6, 6.07) is 8.21. The van der Waals surface area contributed by atoms with E-state index in [1.165, 1.54) is 37.7 Å². The molecular weight excluding hydrogens is 230 g/mol. The van der Waals surface area contributed by atoms with Gasteiger partial charge in [0.05, 0.1) is 0 Å². The molecule has 1 fully saturated rings. The summed E-state index contributed by atoms with van der Waals surface area (Å²) in [4.78, 5) is 0. The summed E-state index contributed by atoms with van der Waals surface area (Å²) in [6.07, 6.45) is 6.59. The van der Waals surface area contributed by atoms with Crippen LogP contribution in [0.25, 0.3) is 0 Å². The van der Waals surface area contributed by atoms with Crippen molar-refractivity contribution in [3.8, 4) is 0 Å². The smallest absolute Gasteiger partial charge is 0.0406 e. The van der Waals surface area contributed by atoms with Crippen molar-refractivity contribution in [2.24, 2.45) is 17.6 Å². The SMILES string of the molecule is CCC1CCCC(C(N)c2ccc(Cl)cc2)C1. The molecule has 17 heavy (non-hydrogen) atoms. The van der Waals surface area contributed by atoms with Gasteiger partial charge in [-0.25, -0.2) is 0 Å². The molecule has 1 aliphatic carbocycles. The molecule has 0 saturated heterocycles. The Labute approximate surface area is 109 Å². The van der Waals surface area contributed by atoms with E-state index in [1.807, 2.05) is 12.1 Å². The average Bonchev–Trinajstić information content (AvgIpc) is 2.39. The molecule has 1 aliphatic rings. The van der Waals surface area contributed by atoms with Gasteiger partial charge in [0.2, 0.25) is 0 Å². The maximum atomic E-state index is 6.39. The van der Waals surface area contributed by atoms with Crippen LogP contribution < -0.4 is 5.73 Å². The first-order valence-electron chi connectivity index (χ1n) is 6.71. The average molecular weight is 252 g/mol. The van der Waals surface area contributed by atoms with Gasteiger partial charge in [-0.1, -0.05) is 49.9 Å². The third kappa shape index (κ3) is 3.23. The zero-order chi connectivity index (χ0) is 12.3. The van der Waals surface area contributed by atoms with Crippen molar-refractivity contribution in [1.82, 2.24) is 0 Å². The van der Waals surface area contributed by atoms with E-state index in [0.29, 0.717) is 5.92 Å². The lowest BCUT2D eigenvalue weighted by molar-refractivity contribution is 0.230. The summed E-state index contributed by atoms with van der Waals surface area (Å²) >= 11 is 5.91. The predicted octanol–water partition coefficient (Wildman–Crippen LogP) is 4.56. The lowest BCUT2D eigenvalue weighted by Crippen LogP contribution is -2.26. The van der Waals surface area contributed by atoms with Crippen LogP contribution in [-0.4, -0.2) is 0 Å². The van der Waals surface area contributed by atoms with E-state index in [4.69, 9.17) is 17.3 Å². The molecule has 0 aromatic heterocycles. The first kappa shape index (κ1) is 12.9. The standard InChI is InChI=1S/C15H22ClN/c1-2-11-4-3-5-13(10-11)15(17)12-6-8-14(16)9-7-12/h6-9,11,13,15H,2-5,10,17H2,1H3. The fourth-order valence-corrected chi connectivity index (χ4v) is 3.11. The summed E-state index contributed by atoms with van der Waals surface area (Å²) in [5.41, 5.74) is 7.63. The normalized spacial score (nSPS) is 26.8. The molecule has 3 atom stereocenters. The second-order valence-corrected chi connectivity index (χ2v) is 5.71. The molecule has 1 aromatic rings. The first-order valence-corrected chi connectivity index (χ1v) is 7.09. The summed E-state index contributed by atoms with van der Waals surface area (Å²) in [7, 11) is 0. The Morgan fingerprint density at radius 3 is 2.65 bits per heavy atom. The maximum absolute atomic E-state index is 6.39. The highest BCUT2D eigenvalue weighted by Crippen LogP contribution is 2.37. The Morgan fingerprint density at radius 2 is 2.00 bits per heavy atom. The highest BCUT2D eigenvalue weighted by Gasteiger charge is 2.26. The van der Waals surface area contributed by atoms with Crippen LogP contribution in [0, 0.1) is 11.8 Å². The highest BCUT2D eigenvalue weighted by atomic mass is 35.5. The molecule has 0 heterocycles. The van der Waals surface area contributed by atoms with Crippen LogP contribution in [0.3, 0.4) is 0 Å². The van der Waals surface area contributed by atoms with Crippen molar-refractivity contribution in [2.45, 2.75) is 45.1 Å². The van der Waals surface area contributed by atoms with Crippen LogP contribution in [0.4, 0.5) is 0 Å². The Kier molecular flexibility index (Phi) is 4.47. The zero-order valence-electron chi connectivity index (χ0n) is 10.5. The van der Waals surface area contributed by atoms with Crippen LogP contribution in [-0.2, 0) is 0 Å². The predicted molar refractivity (Wildman–Crippen MR) is 74.1 cm³/mol. The minimum absolute atomic E-state index is 0.182. The van der Waals surface area contributed by atoms with E-state index in [0.717, 1.165) is 10.9 Å². The van der Waals surface area contributed by atoms with Crippen LogP contribution in [0.1, 0.15) is 50.6 Å². The van der Waals surface area contributed by atoms with Gasteiger partial charge in [-0.05, 0) is 42.4 Å². The van der Waals surface area contributed by atoms with Crippen molar-refractivity contribution in [3.63, 3.8) is 0 Å². The molecule has 0 amide bonds. The van der Waals surface area contributed by atoms with Crippen molar-refractivity contribution >= 4 is 11.6 Å². The minimum Gasteiger partial charge on any atom is -0.324 e. The second kappa shape index (κ2) is 5.88. The molecule has 1 saturated carbocycles. The summed E-state index contributed by atoms with van der Waals surface area (Å²) in [5, 5.41) is 0.788. The molecule has 1 aromatic carbocycles. The lowest BCUT2D eigenvalue weighted by atomic mass is 9.75. The summed E-state index contributed by atoms with van der Waals surface area (Å²) < 4.78 is 0. The van der Waals surface area contributed by atoms with Crippen LogP contribution in [0.2, 0.25) is 5.02 Å². The van der Waals surface area contributed by atoms with Gasteiger partial charge in [-0.3, -0.25) is 0 Å². The number of halogens is 1. The fraction of sp³-hybridized carbons (Fsp3) is 0.600. The molecule has 0 aliphatic heterocycles. The van der Waals surface area contributed by atoms with E-state index in [-0.39, 0.29) is 6.04 Å². The summed E-state index contributed by atoms with van der Waals surface area (Å²) in [6.45, 7) is 2.29. The monoisotopic (exact) mass is 251 g/mol. The van der Waals surface area contributed by atoms with Crippen molar-refractivity contribution in [2.75, 3.05) is 0 Å². The second-order valence-electron chi connectivity index (χ2n) is 5.28. The minimum atomic E-state index is 0.182. The molecule has 2 N–H and O–H groups in total. The Balaban J connectivity index is 2.03. The van der Waals surface area contributed by atoms with Gasteiger partial charge in [0.15, 0.2) is 0 Å². The van der Waals surface area contributed by atoms with E-state index in [9.17, 15) is 0 Å². The van der Waals surface area contributed by atoms with Crippen molar-refractivity contribution in [3.05, 3.63) is 34.9 Å². The van der Waals surface area contributed by atoms with Gasteiger partial charge in [0, 0.05) is 11.1 Å². The molecule has 0 radical (unpaired) electrons. The zero-order valence-corrected chi connectivity index (χ0v) is 11.3. The Hall–Kier alpha value is -0.530. The molecule has 3 unspecified atom stereocenters. The Bertz CT molecular complexity index is 346. The van der Waals surface area contributed by atoms with Gasteiger partial charge in [0.25, 0.3) is 0 Å². The van der Waals surface area contributed by atoms with Crippen LogP contribution >= 0.6 is 11.6 Å². The quantitative estimate of drug-likeness (QED) is 0.838. The van der Waals surface area contributed by atoms with E-state index in [2.05, 4.69) is 19.1 Å². The van der Waals surface area contributed by atoms with Gasteiger partial charge in [0.1, 0.15) is 0 Å². The topological polar surface area (TPSA) is 26.0 Å². The number of rotatable bonds is 3. The number of benzene rings is 1. The van der Waals surface area contributed by atoms with Gasteiger partial charge in [-0.15, -0.1) is 0 Å². The lowest BCUT2D eigenvalue weighted by Gasteiger charge is -2.32. The molecule has 2 heteroatoms. The fourth-order valence-electron chi connectivity index (χ4n) is 2.99. The summed E-state index contributed by atoms with van der Waals surface area (Å²) in [5.74, 6) is 1.53. The van der Waals surface area contributed by atoms with Gasteiger partial charge >= 0.3 is 0 Å². The molecular formula is C15H22ClN. The molecule has 0 bridgehead atoms. The van der Waals surface area contributed by atoms with E-state index < -0.39 is 0 Å². The van der Waals surface area contributed by atoms with Crippen LogP contribution in [0.5, 0.6) is 0 Å². The maximum Gasteiger partial charge on any atom is 0.0406 e. The molecule has 2 rings (SSSR count). The van der Waals surface area contributed by atoms with E-state index >= 15 is 0 Å². The van der Waals surface area contributed by atoms with Crippen LogP contribution in [0.15, 0.2) is 24.3 Å². The number of nitrogens with two attached hydrogens (primary N) is 1. The van der Waals surface area contributed by atoms with Crippen molar-refractivity contribution < 1.29 is 0 Å². The number of hydrogen-bond donors (Lipinski definition) is 1. The van der Waals surface area contributed by atoms with Crippen molar-refractivity contribution in [1.29, 1.82) is 0 Å². The Morgan fingerprint density at radius 1 is 1.29 bits per heavy atom. The molecule has 94 valence electrons. The number of hydrogen-bond acceptors (Lipinski definition) is 1. The largest absolute Gasteiger partial charge is 0.324 e.